The van der Waals surface area contributed by atoms with E-state index in [1.54, 1.807) is 6.07 Å². The van der Waals surface area contributed by atoms with Crippen LogP contribution >= 0.6 is 0 Å². The molecule has 0 spiro atoms. The maximum Gasteiger partial charge on any atom is 0.332 e. The van der Waals surface area contributed by atoms with Crippen LogP contribution in [-0.4, -0.2) is 34.1 Å². The van der Waals surface area contributed by atoms with Crippen LogP contribution in [0.1, 0.15) is 18.9 Å². The molecule has 0 bridgehead atoms. The molecule has 6 nitrogen and oxygen atoms in total. The maximum atomic E-state index is 12.9. The van der Waals surface area contributed by atoms with E-state index in [9.17, 15) is 17.1 Å². The molecule has 0 aromatic heterocycles. The number of hydrogen-bond acceptors (Lipinski definition) is 5. The fraction of sp³-hybridized carbons (Fsp3) is 0.333. The van der Waals surface area contributed by atoms with E-state index in [0.717, 1.165) is 12.1 Å². The molecule has 0 aliphatic rings. The van der Waals surface area contributed by atoms with Gasteiger partial charge in [0.1, 0.15) is 11.6 Å². The molecular formula is C15H17FN2O4S. The van der Waals surface area contributed by atoms with Crippen LogP contribution in [0.15, 0.2) is 34.7 Å². The minimum absolute atomic E-state index is 0.199. The summed E-state index contributed by atoms with van der Waals surface area (Å²) in [6, 6.07) is 6.67. The van der Waals surface area contributed by atoms with Gasteiger partial charge in [0.05, 0.1) is 4.90 Å². The van der Waals surface area contributed by atoms with E-state index in [1.807, 2.05) is 6.92 Å². The molecule has 1 amide bonds. The number of nitrogens with zero attached hydrogens (tertiary/aromatic N) is 1. The van der Waals surface area contributed by atoms with Gasteiger partial charge in [-0.25, -0.2) is 0 Å². The zero-order valence-electron chi connectivity index (χ0n) is 12.6. The molecule has 0 heterocycles. The molecule has 0 saturated heterocycles. The Morgan fingerprint density at radius 2 is 2.22 bits per heavy atom. The molecule has 124 valence electrons. The van der Waals surface area contributed by atoms with Gasteiger partial charge in [0.25, 0.3) is 5.91 Å². The van der Waals surface area contributed by atoms with Crippen LogP contribution < -0.4 is 5.32 Å². The quantitative estimate of drug-likeness (QED) is 0.337. The van der Waals surface area contributed by atoms with Gasteiger partial charge in [0.2, 0.25) is 0 Å². The standard InChI is InChI=1S/C15H17FN2O4S/c1-2-22-8-4-7-18-15(19)13(11-17)9-12-5-3-6-14(10-12)23(16,20)21/h3,5-6,9-10H,2,4,7-8H2,1H3,(H,18,19)/b13-9+. The molecule has 0 saturated carbocycles. The third-order valence-electron chi connectivity index (χ3n) is 2.77. The lowest BCUT2D eigenvalue weighted by Gasteiger charge is -2.04. The summed E-state index contributed by atoms with van der Waals surface area (Å²) in [7, 11) is -4.84. The van der Waals surface area contributed by atoms with Crippen molar-refractivity contribution in [2.24, 2.45) is 0 Å². The molecule has 0 unspecified atom stereocenters. The van der Waals surface area contributed by atoms with Crippen LogP contribution in [0, 0.1) is 11.3 Å². The first-order chi connectivity index (χ1) is 10.9. The van der Waals surface area contributed by atoms with E-state index in [4.69, 9.17) is 10.00 Å². The number of carbonyl (C=O) groups excluding carboxylic acids is 1. The molecular weight excluding hydrogens is 323 g/mol. The molecule has 1 aromatic carbocycles. The van der Waals surface area contributed by atoms with Gasteiger partial charge in [-0.2, -0.15) is 13.7 Å². The average molecular weight is 340 g/mol. The zero-order chi connectivity index (χ0) is 17.3. The number of nitrogens with one attached hydrogen (secondary N) is 1. The van der Waals surface area contributed by atoms with Crippen LogP contribution in [0.5, 0.6) is 0 Å². The highest BCUT2D eigenvalue weighted by Gasteiger charge is 2.13. The van der Waals surface area contributed by atoms with E-state index in [2.05, 4.69) is 5.32 Å². The van der Waals surface area contributed by atoms with Crippen molar-refractivity contribution in [3.8, 4) is 6.07 Å². The van der Waals surface area contributed by atoms with Crippen LogP contribution in [0.3, 0.4) is 0 Å². The number of carbonyl (C=O) groups is 1. The van der Waals surface area contributed by atoms with E-state index in [-0.39, 0.29) is 11.1 Å². The summed E-state index contributed by atoms with van der Waals surface area (Å²) in [6.07, 6.45) is 1.81. The number of hydrogen-bond donors (Lipinski definition) is 1. The van der Waals surface area contributed by atoms with Crippen molar-refractivity contribution in [2.75, 3.05) is 19.8 Å². The van der Waals surface area contributed by atoms with Crippen LogP contribution in [0.25, 0.3) is 6.08 Å². The van der Waals surface area contributed by atoms with Crippen molar-refractivity contribution in [3.63, 3.8) is 0 Å². The van der Waals surface area contributed by atoms with Gasteiger partial charge < -0.3 is 10.1 Å². The molecule has 0 fully saturated rings. The third-order valence-corrected chi connectivity index (χ3v) is 3.59. The van der Waals surface area contributed by atoms with Crippen LogP contribution in [-0.2, 0) is 19.8 Å². The van der Waals surface area contributed by atoms with Crippen molar-refractivity contribution in [1.82, 2.24) is 5.32 Å². The number of halogens is 1. The third kappa shape index (κ3) is 6.59. The van der Waals surface area contributed by atoms with Gasteiger partial charge in [0, 0.05) is 19.8 Å². The van der Waals surface area contributed by atoms with Gasteiger partial charge in [-0.05, 0) is 37.1 Å². The number of amides is 1. The second-order valence-electron chi connectivity index (χ2n) is 4.49. The monoisotopic (exact) mass is 340 g/mol. The smallest absolute Gasteiger partial charge is 0.332 e. The second kappa shape index (κ2) is 9.02. The highest BCUT2D eigenvalue weighted by molar-refractivity contribution is 7.86. The Hall–Kier alpha value is -2.24. The highest BCUT2D eigenvalue weighted by Crippen LogP contribution is 2.16. The summed E-state index contributed by atoms with van der Waals surface area (Å²) in [5.74, 6) is -0.586. The Morgan fingerprint density at radius 1 is 1.48 bits per heavy atom. The van der Waals surface area contributed by atoms with Crippen molar-refractivity contribution in [1.29, 1.82) is 5.26 Å². The minimum Gasteiger partial charge on any atom is -0.382 e. The van der Waals surface area contributed by atoms with Gasteiger partial charge in [-0.1, -0.05) is 12.1 Å². The van der Waals surface area contributed by atoms with Crippen LogP contribution in [0.2, 0.25) is 0 Å². The lowest BCUT2D eigenvalue weighted by molar-refractivity contribution is -0.117. The van der Waals surface area contributed by atoms with E-state index >= 15 is 0 Å². The summed E-state index contributed by atoms with van der Waals surface area (Å²) in [5.41, 5.74) is 0.0413. The van der Waals surface area contributed by atoms with E-state index < -0.39 is 21.0 Å². The molecule has 8 heteroatoms. The zero-order valence-corrected chi connectivity index (χ0v) is 13.4. The predicted octanol–water partition coefficient (Wildman–Crippen LogP) is 1.79. The normalized spacial score (nSPS) is 11.8. The summed E-state index contributed by atoms with van der Waals surface area (Å²) in [5, 5.41) is 11.6. The predicted molar refractivity (Wildman–Crippen MR) is 82.4 cm³/mol. The molecule has 0 radical (unpaired) electrons. The molecule has 1 rings (SSSR count). The van der Waals surface area contributed by atoms with Crippen molar-refractivity contribution in [3.05, 3.63) is 35.4 Å². The topological polar surface area (TPSA) is 96.3 Å². The lowest BCUT2D eigenvalue weighted by Crippen LogP contribution is -2.26. The van der Waals surface area contributed by atoms with Crippen molar-refractivity contribution in [2.45, 2.75) is 18.2 Å². The Balaban J connectivity index is 2.79. The Bertz CT molecular complexity index is 723. The van der Waals surface area contributed by atoms with Gasteiger partial charge in [0.15, 0.2) is 0 Å². The van der Waals surface area contributed by atoms with Gasteiger partial charge in [-0.3, -0.25) is 4.79 Å². The second-order valence-corrected chi connectivity index (χ2v) is 5.83. The highest BCUT2D eigenvalue weighted by atomic mass is 32.3. The van der Waals surface area contributed by atoms with E-state index in [1.165, 1.54) is 18.2 Å². The molecule has 23 heavy (non-hydrogen) atoms. The summed E-state index contributed by atoms with van der Waals surface area (Å²) >= 11 is 0. The SMILES string of the molecule is CCOCCCNC(=O)/C(C#N)=C/c1cccc(S(=O)(=O)F)c1. The molecule has 0 aliphatic heterocycles. The first-order valence-electron chi connectivity index (χ1n) is 6.91. The number of rotatable bonds is 8. The fourth-order valence-electron chi connectivity index (χ4n) is 1.69. The first kappa shape index (κ1) is 18.8. The molecule has 1 aromatic rings. The number of ether oxygens (including phenoxy) is 1. The molecule has 1 N–H and O–H groups in total. The average Bonchev–Trinajstić information content (AvgIpc) is 2.51. The Kier molecular flexibility index (Phi) is 7.38. The molecule has 0 atom stereocenters. The van der Waals surface area contributed by atoms with Gasteiger partial charge in [-0.15, -0.1) is 3.89 Å². The number of benzene rings is 1. The van der Waals surface area contributed by atoms with Gasteiger partial charge >= 0.3 is 10.2 Å². The number of nitriles is 1. The summed E-state index contributed by atoms with van der Waals surface area (Å²) < 4.78 is 39.8. The minimum atomic E-state index is -4.84. The van der Waals surface area contributed by atoms with Crippen LogP contribution in [0.4, 0.5) is 3.89 Å². The maximum absolute atomic E-state index is 12.9. The van der Waals surface area contributed by atoms with Crippen molar-refractivity contribution < 1.29 is 21.8 Å². The molecule has 0 aliphatic carbocycles. The Labute approximate surface area is 134 Å². The summed E-state index contributed by atoms with van der Waals surface area (Å²) in [6.45, 7) is 3.29. The fourth-order valence-corrected chi connectivity index (χ4v) is 2.20. The van der Waals surface area contributed by atoms with E-state index in [0.29, 0.717) is 26.2 Å². The summed E-state index contributed by atoms with van der Waals surface area (Å²) in [4.78, 5) is 11.3. The largest absolute Gasteiger partial charge is 0.382 e. The lowest BCUT2D eigenvalue weighted by atomic mass is 10.1. The first-order valence-corrected chi connectivity index (χ1v) is 8.29. The van der Waals surface area contributed by atoms with Crippen molar-refractivity contribution >= 4 is 22.2 Å². The Morgan fingerprint density at radius 3 is 2.83 bits per heavy atom.